The number of hydrogen-bond donors (Lipinski definition) is 0. The van der Waals surface area contributed by atoms with Gasteiger partial charge in [0.2, 0.25) is 0 Å². The first kappa shape index (κ1) is 24.6. The minimum Gasteiger partial charge on any atom is -0.493 e. The Labute approximate surface area is 218 Å². The van der Waals surface area contributed by atoms with Gasteiger partial charge in [-0.15, -0.1) is 0 Å². The Morgan fingerprint density at radius 3 is 2.38 bits per heavy atom. The Balaban J connectivity index is 1.40. The van der Waals surface area contributed by atoms with Crippen molar-refractivity contribution in [3.8, 4) is 11.5 Å². The predicted octanol–water partition coefficient (Wildman–Crippen LogP) is 7.24. The van der Waals surface area contributed by atoms with Gasteiger partial charge >= 0.3 is 0 Å². The summed E-state index contributed by atoms with van der Waals surface area (Å²) in [5.41, 5.74) is 1.74. The summed E-state index contributed by atoms with van der Waals surface area (Å²) in [6.07, 6.45) is 2.44. The van der Waals surface area contributed by atoms with Crippen molar-refractivity contribution in [1.82, 2.24) is 4.90 Å². The van der Waals surface area contributed by atoms with Crippen molar-refractivity contribution in [2.75, 3.05) is 13.2 Å². The molecule has 1 heterocycles. The highest BCUT2D eigenvalue weighted by atomic mass is 35.5. The van der Waals surface area contributed by atoms with Crippen molar-refractivity contribution in [2.24, 2.45) is 0 Å². The van der Waals surface area contributed by atoms with Crippen molar-refractivity contribution in [3.63, 3.8) is 0 Å². The average molecular weight is 530 g/mol. The van der Waals surface area contributed by atoms with Crippen LogP contribution in [0.25, 0.3) is 6.08 Å². The van der Waals surface area contributed by atoms with E-state index in [1.54, 1.807) is 35.2 Å². The number of benzene rings is 3. The third kappa shape index (κ3) is 6.33. The van der Waals surface area contributed by atoms with Gasteiger partial charge in [-0.1, -0.05) is 89.6 Å². The van der Waals surface area contributed by atoms with Crippen LogP contribution in [0, 0.1) is 0 Å². The first-order valence-electron chi connectivity index (χ1n) is 10.6. The monoisotopic (exact) mass is 529 g/mol. The molecule has 1 aliphatic heterocycles. The molecule has 0 saturated carbocycles. The van der Waals surface area contributed by atoms with E-state index in [2.05, 4.69) is 0 Å². The summed E-state index contributed by atoms with van der Waals surface area (Å²) in [5.74, 6) is 1.15. The van der Waals surface area contributed by atoms with Gasteiger partial charge < -0.3 is 9.47 Å². The minimum absolute atomic E-state index is 0.127. The van der Waals surface area contributed by atoms with Gasteiger partial charge in [0.1, 0.15) is 15.8 Å². The number of thioether (sulfide) groups is 1. The number of rotatable bonds is 9. The van der Waals surface area contributed by atoms with E-state index in [1.807, 2.05) is 48.5 Å². The van der Waals surface area contributed by atoms with Crippen molar-refractivity contribution >= 4 is 63.5 Å². The highest BCUT2D eigenvalue weighted by Crippen LogP contribution is 2.36. The van der Waals surface area contributed by atoms with E-state index in [1.165, 1.54) is 11.8 Å². The Morgan fingerprint density at radius 2 is 1.62 bits per heavy atom. The number of amides is 1. The second kappa shape index (κ2) is 11.8. The van der Waals surface area contributed by atoms with Gasteiger partial charge in [-0.2, -0.15) is 0 Å². The van der Waals surface area contributed by atoms with E-state index in [0.29, 0.717) is 56.9 Å². The molecule has 34 heavy (non-hydrogen) atoms. The van der Waals surface area contributed by atoms with E-state index < -0.39 is 0 Å². The molecule has 0 radical (unpaired) electrons. The fourth-order valence-corrected chi connectivity index (χ4v) is 4.91. The van der Waals surface area contributed by atoms with Crippen LogP contribution in [0.2, 0.25) is 10.0 Å². The maximum atomic E-state index is 13.0. The van der Waals surface area contributed by atoms with Crippen LogP contribution in [-0.2, 0) is 11.3 Å². The van der Waals surface area contributed by atoms with Crippen LogP contribution in [0.15, 0.2) is 77.7 Å². The SMILES string of the molecule is O=C1/C(=C/c2cc(Cl)ccc2OCCCOc2ccccc2Cl)SC(=S)N1Cc1ccccc1. The summed E-state index contributed by atoms with van der Waals surface area (Å²) in [4.78, 5) is 15.2. The number of nitrogens with zero attached hydrogens (tertiary/aromatic N) is 1. The van der Waals surface area contributed by atoms with Crippen LogP contribution in [0.1, 0.15) is 17.5 Å². The zero-order valence-corrected chi connectivity index (χ0v) is 21.2. The van der Waals surface area contributed by atoms with Crippen molar-refractivity contribution in [3.05, 3.63) is 98.9 Å². The summed E-state index contributed by atoms with van der Waals surface area (Å²) in [5, 5.41) is 1.13. The molecule has 0 unspecified atom stereocenters. The molecule has 8 heteroatoms. The standard InChI is InChI=1S/C26H21Cl2NO3S2/c27-20-11-12-22(31-13-6-14-32-23-10-5-4-9-21(23)28)19(15-20)16-24-25(30)29(26(33)34-24)17-18-7-2-1-3-8-18/h1-5,7-12,15-16H,6,13-14,17H2/b24-16-. The fourth-order valence-electron chi connectivity index (χ4n) is 3.29. The lowest BCUT2D eigenvalue weighted by molar-refractivity contribution is -0.122. The predicted molar refractivity (Wildman–Crippen MR) is 144 cm³/mol. The molecular weight excluding hydrogens is 509 g/mol. The zero-order chi connectivity index (χ0) is 23.9. The Kier molecular flexibility index (Phi) is 8.51. The molecule has 1 saturated heterocycles. The van der Waals surface area contributed by atoms with E-state index in [4.69, 9.17) is 44.9 Å². The number of hydrogen-bond acceptors (Lipinski definition) is 5. The maximum absolute atomic E-state index is 13.0. The fraction of sp³-hybridized carbons (Fsp3) is 0.154. The van der Waals surface area contributed by atoms with Gasteiger partial charge in [0.25, 0.3) is 5.91 Å². The molecule has 1 fully saturated rings. The zero-order valence-electron chi connectivity index (χ0n) is 18.1. The van der Waals surface area contributed by atoms with Gasteiger partial charge in [0.15, 0.2) is 0 Å². The van der Waals surface area contributed by atoms with Gasteiger partial charge in [-0.25, -0.2) is 0 Å². The van der Waals surface area contributed by atoms with Gasteiger partial charge in [0.05, 0.1) is 29.7 Å². The third-order valence-corrected chi connectivity index (χ3v) is 6.88. The van der Waals surface area contributed by atoms with E-state index in [9.17, 15) is 4.79 Å². The van der Waals surface area contributed by atoms with Crippen LogP contribution >= 0.6 is 47.2 Å². The molecule has 0 spiro atoms. The maximum Gasteiger partial charge on any atom is 0.266 e. The lowest BCUT2D eigenvalue weighted by Gasteiger charge is -2.14. The molecule has 0 bridgehead atoms. The molecule has 4 nitrogen and oxygen atoms in total. The molecule has 4 rings (SSSR count). The summed E-state index contributed by atoms with van der Waals surface area (Å²) in [6.45, 7) is 1.33. The number of thiocarbonyl (C=S) groups is 1. The smallest absolute Gasteiger partial charge is 0.266 e. The van der Waals surface area contributed by atoms with Crippen LogP contribution in [0.3, 0.4) is 0 Å². The molecular formula is C26H21Cl2NO3S2. The summed E-state index contributed by atoms with van der Waals surface area (Å²) < 4.78 is 12.2. The summed E-state index contributed by atoms with van der Waals surface area (Å²) >= 11 is 19.1. The second-order valence-electron chi connectivity index (χ2n) is 7.42. The van der Waals surface area contributed by atoms with Crippen molar-refractivity contribution < 1.29 is 14.3 Å². The van der Waals surface area contributed by atoms with Crippen molar-refractivity contribution in [1.29, 1.82) is 0 Å². The molecule has 1 aliphatic rings. The first-order valence-corrected chi connectivity index (χ1v) is 12.6. The third-order valence-electron chi connectivity index (χ3n) is 4.96. The second-order valence-corrected chi connectivity index (χ2v) is 9.94. The van der Waals surface area contributed by atoms with Gasteiger partial charge in [-0.05, 0) is 42.0 Å². The Hall–Kier alpha value is -2.51. The number of para-hydroxylation sites is 1. The highest BCUT2D eigenvalue weighted by molar-refractivity contribution is 8.26. The van der Waals surface area contributed by atoms with Crippen LogP contribution in [-0.4, -0.2) is 28.3 Å². The number of halogens is 2. The van der Waals surface area contributed by atoms with Crippen molar-refractivity contribution in [2.45, 2.75) is 13.0 Å². The van der Waals surface area contributed by atoms with Gasteiger partial charge in [-0.3, -0.25) is 9.69 Å². The average Bonchev–Trinajstić information content (AvgIpc) is 3.09. The number of carbonyl (C=O) groups is 1. The summed E-state index contributed by atoms with van der Waals surface area (Å²) in [6, 6.07) is 22.5. The summed E-state index contributed by atoms with van der Waals surface area (Å²) in [7, 11) is 0. The molecule has 0 atom stereocenters. The number of ether oxygens (including phenoxy) is 2. The quantitative estimate of drug-likeness (QED) is 0.166. The molecule has 3 aromatic rings. The first-order chi connectivity index (χ1) is 16.5. The van der Waals surface area contributed by atoms with E-state index in [-0.39, 0.29) is 5.91 Å². The Morgan fingerprint density at radius 1 is 0.912 bits per heavy atom. The molecule has 0 N–H and O–H groups in total. The van der Waals surface area contributed by atoms with E-state index in [0.717, 1.165) is 11.1 Å². The number of carbonyl (C=O) groups excluding carboxylic acids is 1. The lowest BCUT2D eigenvalue weighted by atomic mass is 10.1. The molecule has 1 amide bonds. The van der Waals surface area contributed by atoms with Crippen LogP contribution in [0.5, 0.6) is 11.5 Å². The molecule has 0 aliphatic carbocycles. The normalized spacial score (nSPS) is 14.6. The van der Waals surface area contributed by atoms with E-state index >= 15 is 0 Å². The Bertz CT molecular complexity index is 1220. The van der Waals surface area contributed by atoms with Crippen LogP contribution in [0.4, 0.5) is 0 Å². The lowest BCUT2D eigenvalue weighted by Crippen LogP contribution is -2.27. The minimum atomic E-state index is -0.127. The molecule has 3 aromatic carbocycles. The van der Waals surface area contributed by atoms with Gasteiger partial charge in [0, 0.05) is 17.0 Å². The van der Waals surface area contributed by atoms with Crippen LogP contribution < -0.4 is 9.47 Å². The highest BCUT2D eigenvalue weighted by Gasteiger charge is 2.32. The molecule has 0 aromatic heterocycles. The molecule has 174 valence electrons. The topological polar surface area (TPSA) is 38.8 Å². The largest absolute Gasteiger partial charge is 0.493 e.